The van der Waals surface area contributed by atoms with Crippen LogP contribution in [0.25, 0.3) is 17.0 Å². The molecule has 0 N–H and O–H groups in total. The van der Waals surface area contributed by atoms with Crippen molar-refractivity contribution in [1.29, 1.82) is 0 Å². The first-order valence-electron chi connectivity index (χ1n) is 8.12. The molecule has 0 saturated carbocycles. The Morgan fingerprint density at radius 3 is 2.67 bits per heavy atom. The number of fused-ring (bicyclic) bond motifs is 1. The van der Waals surface area contributed by atoms with Crippen LogP contribution in [0, 0.1) is 0 Å². The molecule has 0 unspecified atom stereocenters. The van der Waals surface area contributed by atoms with Crippen molar-refractivity contribution in [2.75, 3.05) is 13.1 Å². The van der Waals surface area contributed by atoms with E-state index < -0.39 is 0 Å². The van der Waals surface area contributed by atoms with Gasteiger partial charge in [0, 0.05) is 35.4 Å². The van der Waals surface area contributed by atoms with Gasteiger partial charge in [-0.15, -0.1) is 10.2 Å². The number of halogens is 1. The first-order valence-corrected chi connectivity index (χ1v) is 8.50. The lowest BCUT2D eigenvalue weighted by Crippen LogP contribution is -2.35. The highest BCUT2D eigenvalue weighted by Crippen LogP contribution is 2.22. The maximum Gasteiger partial charge on any atom is 0.254 e. The number of amides is 1. The zero-order chi connectivity index (χ0) is 16.5. The normalized spacial score (nSPS) is 15.0. The fraction of sp³-hybridized carbons (Fsp3) is 0.278. The molecule has 122 valence electrons. The summed E-state index contributed by atoms with van der Waals surface area (Å²) in [7, 11) is 0. The average Bonchev–Trinajstić information content (AvgIpc) is 3.05. The van der Waals surface area contributed by atoms with Crippen molar-refractivity contribution < 1.29 is 4.79 Å². The van der Waals surface area contributed by atoms with Crippen LogP contribution in [0.5, 0.6) is 0 Å². The summed E-state index contributed by atoms with van der Waals surface area (Å²) in [5.41, 5.74) is 2.22. The van der Waals surface area contributed by atoms with Crippen LogP contribution in [0.4, 0.5) is 0 Å². The molecule has 24 heavy (non-hydrogen) atoms. The molecular formula is C18H17ClN4O. The predicted molar refractivity (Wildman–Crippen MR) is 93.2 cm³/mol. The van der Waals surface area contributed by atoms with E-state index in [9.17, 15) is 4.79 Å². The van der Waals surface area contributed by atoms with Crippen LogP contribution < -0.4 is 0 Å². The van der Waals surface area contributed by atoms with Gasteiger partial charge >= 0.3 is 0 Å². The Balaban J connectivity index is 1.69. The second-order valence-electron chi connectivity index (χ2n) is 6.03. The number of benzene rings is 1. The minimum atomic E-state index is 0.0736. The number of aromatic nitrogens is 3. The van der Waals surface area contributed by atoms with Gasteiger partial charge in [0.05, 0.1) is 0 Å². The fourth-order valence-electron chi connectivity index (χ4n) is 3.13. The highest BCUT2D eigenvalue weighted by molar-refractivity contribution is 6.30. The van der Waals surface area contributed by atoms with Crippen LogP contribution in [0.3, 0.4) is 0 Å². The highest BCUT2D eigenvalue weighted by Gasteiger charge is 2.19. The van der Waals surface area contributed by atoms with Gasteiger partial charge < -0.3 is 4.90 Å². The first kappa shape index (κ1) is 15.1. The number of likely N-dealkylation sites (tertiary alicyclic amines) is 1. The second kappa shape index (κ2) is 6.24. The summed E-state index contributed by atoms with van der Waals surface area (Å²) in [6, 6.07) is 11.1. The molecule has 1 aromatic carbocycles. The molecule has 3 heterocycles. The maximum absolute atomic E-state index is 12.6. The monoisotopic (exact) mass is 340 g/mol. The molecule has 4 rings (SSSR count). The number of carbonyl (C=O) groups excluding carboxylic acids is 1. The summed E-state index contributed by atoms with van der Waals surface area (Å²) in [6.45, 7) is 1.68. The Morgan fingerprint density at radius 1 is 1.04 bits per heavy atom. The summed E-state index contributed by atoms with van der Waals surface area (Å²) >= 11 is 6.06. The summed E-state index contributed by atoms with van der Waals surface area (Å²) in [5, 5.41) is 9.11. The van der Waals surface area contributed by atoms with Crippen molar-refractivity contribution in [1.82, 2.24) is 19.5 Å². The van der Waals surface area contributed by atoms with Crippen molar-refractivity contribution in [3.63, 3.8) is 0 Å². The predicted octanol–water partition coefficient (Wildman–Crippen LogP) is 3.68. The van der Waals surface area contributed by atoms with Crippen molar-refractivity contribution in [3.8, 4) is 11.4 Å². The van der Waals surface area contributed by atoms with Crippen LogP contribution in [0.1, 0.15) is 29.6 Å². The third-order valence-corrected chi connectivity index (χ3v) is 4.62. The second-order valence-corrected chi connectivity index (χ2v) is 6.47. The molecule has 1 aliphatic rings. The summed E-state index contributed by atoms with van der Waals surface area (Å²) in [5.74, 6) is 0.786. The smallest absolute Gasteiger partial charge is 0.254 e. The van der Waals surface area contributed by atoms with Crippen LogP contribution >= 0.6 is 11.6 Å². The van der Waals surface area contributed by atoms with Crippen molar-refractivity contribution >= 4 is 23.2 Å². The van der Waals surface area contributed by atoms with E-state index in [0.717, 1.165) is 31.5 Å². The molecule has 0 aliphatic carbocycles. The Bertz CT molecular complexity index is 899. The van der Waals surface area contributed by atoms with E-state index in [1.54, 1.807) is 6.07 Å². The number of rotatable bonds is 2. The van der Waals surface area contributed by atoms with Crippen LogP contribution in [0.15, 0.2) is 42.6 Å². The van der Waals surface area contributed by atoms with Crippen molar-refractivity contribution in [2.45, 2.75) is 19.3 Å². The molecule has 2 aromatic heterocycles. The van der Waals surface area contributed by atoms with Gasteiger partial charge in [0.25, 0.3) is 5.91 Å². The van der Waals surface area contributed by atoms with Gasteiger partial charge in [-0.25, -0.2) is 0 Å². The molecular weight excluding hydrogens is 324 g/mol. The van der Waals surface area contributed by atoms with Crippen LogP contribution in [0.2, 0.25) is 5.02 Å². The molecule has 1 fully saturated rings. The quantitative estimate of drug-likeness (QED) is 0.715. The number of piperidine rings is 1. The Labute approximate surface area is 144 Å². The largest absolute Gasteiger partial charge is 0.339 e. The molecule has 0 spiro atoms. The summed E-state index contributed by atoms with van der Waals surface area (Å²) < 4.78 is 1.87. The van der Waals surface area contributed by atoms with E-state index in [2.05, 4.69) is 10.2 Å². The highest BCUT2D eigenvalue weighted by atomic mass is 35.5. The topological polar surface area (TPSA) is 50.5 Å². The molecule has 6 heteroatoms. The first-order chi connectivity index (χ1) is 11.7. The van der Waals surface area contributed by atoms with Gasteiger partial charge in [0.15, 0.2) is 11.5 Å². The summed E-state index contributed by atoms with van der Waals surface area (Å²) in [6.07, 6.45) is 5.22. The van der Waals surface area contributed by atoms with Gasteiger partial charge in [0.2, 0.25) is 0 Å². The summed E-state index contributed by atoms with van der Waals surface area (Å²) in [4.78, 5) is 14.5. The molecule has 3 aromatic rings. The number of pyridine rings is 1. The van der Waals surface area contributed by atoms with Crippen LogP contribution in [-0.2, 0) is 0 Å². The Hall–Kier alpha value is -2.40. The molecule has 1 saturated heterocycles. The van der Waals surface area contributed by atoms with Crippen LogP contribution in [-0.4, -0.2) is 38.5 Å². The number of hydrogen-bond acceptors (Lipinski definition) is 3. The molecule has 1 aliphatic heterocycles. The third kappa shape index (κ3) is 2.76. The standard InChI is InChI=1S/C18H17ClN4O/c19-15-6-4-5-13(11-15)17-21-20-16-12-14(7-10-23(16)17)18(24)22-8-2-1-3-9-22/h4-7,10-12H,1-3,8-9H2. The van der Waals surface area contributed by atoms with E-state index in [0.29, 0.717) is 22.1 Å². The van der Waals surface area contributed by atoms with E-state index in [1.165, 1.54) is 6.42 Å². The number of hydrogen-bond donors (Lipinski definition) is 0. The lowest BCUT2D eigenvalue weighted by atomic mass is 10.1. The number of nitrogens with zero attached hydrogens (tertiary/aromatic N) is 4. The lowest BCUT2D eigenvalue weighted by molar-refractivity contribution is 0.0724. The molecule has 5 nitrogen and oxygen atoms in total. The SMILES string of the molecule is O=C(c1ccn2c(-c3cccc(Cl)c3)nnc2c1)N1CCCCC1. The van der Waals surface area contributed by atoms with E-state index >= 15 is 0 Å². The average molecular weight is 341 g/mol. The van der Waals surface area contributed by atoms with E-state index in [4.69, 9.17) is 11.6 Å². The number of carbonyl (C=O) groups is 1. The minimum absolute atomic E-state index is 0.0736. The Kier molecular flexibility index (Phi) is 3.94. The molecule has 0 radical (unpaired) electrons. The minimum Gasteiger partial charge on any atom is -0.339 e. The van der Waals surface area contributed by atoms with Gasteiger partial charge in [-0.2, -0.15) is 0 Å². The van der Waals surface area contributed by atoms with Crippen molar-refractivity contribution in [2.24, 2.45) is 0 Å². The Morgan fingerprint density at radius 2 is 1.88 bits per heavy atom. The van der Waals surface area contributed by atoms with Gasteiger partial charge in [-0.3, -0.25) is 9.20 Å². The van der Waals surface area contributed by atoms with E-state index in [1.807, 2.05) is 45.8 Å². The van der Waals surface area contributed by atoms with E-state index in [-0.39, 0.29) is 5.91 Å². The molecule has 0 bridgehead atoms. The van der Waals surface area contributed by atoms with Gasteiger partial charge in [0.1, 0.15) is 0 Å². The molecule has 0 atom stereocenters. The van der Waals surface area contributed by atoms with Gasteiger partial charge in [-0.05, 0) is 43.5 Å². The zero-order valence-corrected chi connectivity index (χ0v) is 13.9. The molecule has 1 amide bonds. The van der Waals surface area contributed by atoms with Crippen molar-refractivity contribution in [3.05, 3.63) is 53.2 Å². The maximum atomic E-state index is 12.6. The fourth-order valence-corrected chi connectivity index (χ4v) is 3.32. The zero-order valence-electron chi connectivity index (χ0n) is 13.2. The lowest BCUT2D eigenvalue weighted by Gasteiger charge is -2.26. The third-order valence-electron chi connectivity index (χ3n) is 4.38. The van der Waals surface area contributed by atoms with Gasteiger partial charge in [-0.1, -0.05) is 23.7 Å².